The van der Waals surface area contributed by atoms with E-state index in [0.717, 1.165) is 12.8 Å². The summed E-state index contributed by atoms with van der Waals surface area (Å²) >= 11 is -2.08. The molecule has 68 valence electrons. The quantitative estimate of drug-likeness (QED) is 0.354. The summed E-state index contributed by atoms with van der Waals surface area (Å²) in [6.45, 7) is 0.416. The number of amides is 1. The molecule has 0 bridgehead atoms. The molecule has 13 heavy (non-hydrogen) atoms. The first-order valence-electron chi connectivity index (χ1n) is 4.06. The maximum absolute atomic E-state index is 11.2. The minimum atomic E-state index is -2.08. The molecule has 1 aliphatic heterocycles. The van der Waals surface area contributed by atoms with Crippen LogP contribution in [0, 0.1) is 0 Å². The molecule has 1 aliphatic carbocycles. The van der Waals surface area contributed by atoms with E-state index >= 15 is 0 Å². The zero-order valence-electron chi connectivity index (χ0n) is 7.56. The average molecular weight is 211 g/mol. The number of hydrogen-bond donors (Lipinski definition) is 0. The summed E-state index contributed by atoms with van der Waals surface area (Å²) in [6.07, 6.45) is 2.28. The Balaban J connectivity index is 0.000000845. The second kappa shape index (κ2) is 4.40. The fourth-order valence-electron chi connectivity index (χ4n) is 1.57. The SMILES string of the molecule is O=C1CC(S(=O)[O-])CN1C1CC1.[Na+]. The first-order valence-corrected chi connectivity index (χ1v) is 5.20. The number of carbonyl (C=O) groups is 1. The monoisotopic (exact) mass is 211 g/mol. The van der Waals surface area contributed by atoms with Crippen molar-refractivity contribution in [1.82, 2.24) is 4.90 Å². The van der Waals surface area contributed by atoms with Crippen LogP contribution >= 0.6 is 0 Å². The summed E-state index contributed by atoms with van der Waals surface area (Å²) < 4.78 is 21.1. The zero-order chi connectivity index (χ0) is 8.72. The summed E-state index contributed by atoms with van der Waals surface area (Å²) in [5.41, 5.74) is 0. The Bertz CT molecular complexity index is 244. The van der Waals surface area contributed by atoms with Crippen LogP contribution in [-0.4, -0.2) is 37.4 Å². The molecule has 2 unspecified atom stereocenters. The first-order chi connectivity index (χ1) is 5.68. The molecule has 4 nitrogen and oxygen atoms in total. The van der Waals surface area contributed by atoms with E-state index in [2.05, 4.69) is 0 Å². The standard InChI is InChI=1S/C7H11NO3S.Na/c9-7-3-6(12(10)11)4-8(7)5-1-2-5;/h5-6H,1-4H2,(H,10,11);/q;+1/p-1. The van der Waals surface area contributed by atoms with E-state index in [1.165, 1.54) is 0 Å². The second-order valence-electron chi connectivity index (χ2n) is 3.36. The normalized spacial score (nSPS) is 30.1. The minimum absolute atomic E-state index is 0. The van der Waals surface area contributed by atoms with Crippen molar-refractivity contribution in [3.63, 3.8) is 0 Å². The summed E-state index contributed by atoms with van der Waals surface area (Å²) in [7, 11) is 0. The number of nitrogens with zero attached hydrogens (tertiary/aromatic N) is 1. The van der Waals surface area contributed by atoms with E-state index < -0.39 is 16.3 Å². The maximum atomic E-state index is 11.2. The molecule has 2 fully saturated rings. The number of carbonyl (C=O) groups excluding carboxylic acids is 1. The maximum Gasteiger partial charge on any atom is 1.00 e. The van der Waals surface area contributed by atoms with E-state index in [-0.39, 0.29) is 41.9 Å². The van der Waals surface area contributed by atoms with Gasteiger partial charge < -0.3 is 9.45 Å². The molecule has 0 radical (unpaired) electrons. The van der Waals surface area contributed by atoms with Gasteiger partial charge in [0.2, 0.25) is 5.91 Å². The van der Waals surface area contributed by atoms with Gasteiger partial charge in [0.15, 0.2) is 0 Å². The Kier molecular flexibility index (Phi) is 3.94. The van der Waals surface area contributed by atoms with Gasteiger partial charge in [-0.25, -0.2) is 0 Å². The van der Waals surface area contributed by atoms with Gasteiger partial charge in [-0.3, -0.25) is 9.00 Å². The fraction of sp³-hybridized carbons (Fsp3) is 0.857. The minimum Gasteiger partial charge on any atom is -0.772 e. The molecule has 1 saturated carbocycles. The molecule has 0 spiro atoms. The number of hydrogen-bond acceptors (Lipinski definition) is 3. The zero-order valence-corrected chi connectivity index (χ0v) is 10.4. The Labute approximate surface area is 102 Å². The Hall–Kier alpha value is 0.580. The van der Waals surface area contributed by atoms with Gasteiger partial charge in [0, 0.05) is 24.3 Å². The van der Waals surface area contributed by atoms with Gasteiger partial charge in [0.05, 0.1) is 0 Å². The molecular weight excluding hydrogens is 201 g/mol. The van der Waals surface area contributed by atoms with Crippen LogP contribution in [0.2, 0.25) is 0 Å². The molecule has 1 heterocycles. The van der Waals surface area contributed by atoms with Gasteiger partial charge in [-0.1, -0.05) is 0 Å². The van der Waals surface area contributed by atoms with Crippen LogP contribution in [0.5, 0.6) is 0 Å². The number of likely N-dealkylation sites (tertiary alicyclic amines) is 1. The van der Waals surface area contributed by atoms with Crippen LogP contribution in [0.25, 0.3) is 0 Å². The third-order valence-electron chi connectivity index (χ3n) is 2.38. The summed E-state index contributed by atoms with van der Waals surface area (Å²) in [5.74, 6) is 0.00620. The second-order valence-corrected chi connectivity index (χ2v) is 4.55. The van der Waals surface area contributed by atoms with Crippen molar-refractivity contribution < 1.29 is 43.1 Å². The third-order valence-corrected chi connectivity index (χ3v) is 3.24. The Morgan fingerprint density at radius 1 is 1.46 bits per heavy atom. The smallest absolute Gasteiger partial charge is 0.772 e. The van der Waals surface area contributed by atoms with Crippen molar-refractivity contribution >= 4 is 17.0 Å². The Morgan fingerprint density at radius 2 is 2.08 bits per heavy atom. The largest absolute Gasteiger partial charge is 1.00 e. The van der Waals surface area contributed by atoms with E-state index in [1.54, 1.807) is 4.90 Å². The van der Waals surface area contributed by atoms with Crippen molar-refractivity contribution in [2.45, 2.75) is 30.6 Å². The molecule has 0 aromatic carbocycles. The van der Waals surface area contributed by atoms with E-state index in [9.17, 15) is 13.6 Å². The molecule has 0 aromatic heterocycles. The van der Waals surface area contributed by atoms with Crippen LogP contribution < -0.4 is 29.6 Å². The summed E-state index contributed by atoms with van der Waals surface area (Å²) in [6, 6.07) is 0.353. The van der Waals surface area contributed by atoms with Crippen molar-refractivity contribution in [2.24, 2.45) is 0 Å². The van der Waals surface area contributed by atoms with Crippen LogP contribution in [0.4, 0.5) is 0 Å². The molecule has 1 amide bonds. The number of rotatable bonds is 2. The van der Waals surface area contributed by atoms with Crippen LogP contribution in [-0.2, 0) is 15.9 Å². The van der Waals surface area contributed by atoms with Gasteiger partial charge in [0.1, 0.15) is 0 Å². The van der Waals surface area contributed by atoms with Crippen LogP contribution in [0.15, 0.2) is 0 Å². The predicted octanol–water partition coefficient (Wildman–Crippen LogP) is -3.37. The van der Waals surface area contributed by atoms with Gasteiger partial charge >= 0.3 is 29.6 Å². The molecule has 0 N–H and O–H groups in total. The van der Waals surface area contributed by atoms with Crippen molar-refractivity contribution in [1.29, 1.82) is 0 Å². The average Bonchev–Trinajstić information content (AvgIpc) is 2.75. The summed E-state index contributed by atoms with van der Waals surface area (Å²) in [5, 5.41) is -0.460. The molecule has 6 heteroatoms. The van der Waals surface area contributed by atoms with E-state index in [0.29, 0.717) is 12.6 Å². The molecular formula is C7H10NNaO3S. The molecule has 2 aliphatic rings. The molecule has 2 atom stereocenters. The molecule has 1 saturated heterocycles. The van der Waals surface area contributed by atoms with Gasteiger partial charge in [0.25, 0.3) is 0 Å². The van der Waals surface area contributed by atoms with Crippen LogP contribution in [0.3, 0.4) is 0 Å². The van der Waals surface area contributed by atoms with Crippen molar-refractivity contribution in [3.8, 4) is 0 Å². The fourth-order valence-corrected chi connectivity index (χ4v) is 2.13. The third kappa shape index (κ3) is 2.53. The summed E-state index contributed by atoms with van der Waals surface area (Å²) in [4.78, 5) is 12.9. The van der Waals surface area contributed by atoms with E-state index in [4.69, 9.17) is 0 Å². The van der Waals surface area contributed by atoms with Crippen molar-refractivity contribution in [3.05, 3.63) is 0 Å². The Morgan fingerprint density at radius 3 is 2.46 bits per heavy atom. The first kappa shape index (κ1) is 11.7. The van der Waals surface area contributed by atoms with Gasteiger partial charge in [-0.2, -0.15) is 0 Å². The topological polar surface area (TPSA) is 60.4 Å². The van der Waals surface area contributed by atoms with Gasteiger partial charge in [-0.15, -0.1) is 0 Å². The predicted molar refractivity (Wildman–Crippen MR) is 42.1 cm³/mol. The van der Waals surface area contributed by atoms with Crippen molar-refractivity contribution in [2.75, 3.05) is 6.54 Å². The molecule has 2 rings (SSSR count). The molecule has 0 aromatic rings. The van der Waals surface area contributed by atoms with Crippen LogP contribution in [0.1, 0.15) is 19.3 Å². The van der Waals surface area contributed by atoms with E-state index in [1.807, 2.05) is 0 Å². The van der Waals surface area contributed by atoms with Gasteiger partial charge in [-0.05, 0) is 23.9 Å².